The molecule has 0 unspecified atom stereocenters. The van der Waals surface area contributed by atoms with E-state index >= 15 is 0 Å². The fourth-order valence-electron chi connectivity index (χ4n) is 1.58. The van der Waals surface area contributed by atoms with Crippen molar-refractivity contribution in [2.45, 2.75) is 6.54 Å². The van der Waals surface area contributed by atoms with Crippen LogP contribution in [-0.2, 0) is 6.54 Å². The highest BCUT2D eigenvalue weighted by molar-refractivity contribution is 7.10. The minimum absolute atomic E-state index is 0.715. The van der Waals surface area contributed by atoms with Gasteiger partial charge in [0.15, 0.2) is 11.5 Å². The zero-order chi connectivity index (χ0) is 13.0. The maximum atomic E-state index is 5.88. The summed E-state index contributed by atoms with van der Waals surface area (Å²) in [6.45, 7) is 0.743. The van der Waals surface area contributed by atoms with E-state index in [0.717, 1.165) is 23.0 Å². The van der Waals surface area contributed by atoms with Crippen molar-refractivity contribution in [3.63, 3.8) is 0 Å². The summed E-state index contributed by atoms with van der Waals surface area (Å²) < 4.78 is 10.4. The molecule has 0 aliphatic rings. The van der Waals surface area contributed by atoms with Gasteiger partial charge in [-0.1, -0.05) is 11.6 Å². The lowest BCUT2D eigenvalue weighted by molar-refractivity contribution is 0.355. The molecule has 0 aliphatic carbocycles. The molecule has 0 saturated carbocycles. The molecular formula is C13H14ClNO2S. The molecule has 0 fully saturated rings. The minimum Gasteiger partial charge on any atom is -0.493 e. The van der Waals surface area contributed by atoms with Crippen LogP contribution in [0.25, 0.3) is 0 Å². The zero-order valence-corrected chi connectivity index (χ0v) is 11.8. The number of rotatable bonds is 5. The van der Waals surface area contributed by atoms with Gasteiger partial charge in [0.05, 0.1) is 19.2 Å². The zero-order valence-electron chi connectivity index (χ0n) is 10.2. The van der Waals surface area contributed by atoms with E-state index in [9.17, 15) is 0 Å². The van der Waals surface area contributed by atoms with Crippen LogP contribution in [0.2, 0.25) is 5.02 Å². The first-order valence-corrected chi connectivity index (χ1v) is 6.67. The highest BCUT2D eigenvalue weighted by Crippen LogP contribution is 2.30. The summed E-state index contributed by atoms with van der Waals surface area (Å²) in [5.74, 6) is 1.44. The van der Waals surface area contributed by atoms with Crippen molar-refractivity contribution in [3.05, 3.63) is 39.5 Å². The molecule has 0 spiro atoms. The summed E-state index contributed by atoms with van der Waals surface area (Å²) in [6, 6.07) is 7.70. The van der Waals surface area contributed by atoms with Crippen molar-refractivity contribution < 1.29 is 9.47 Å². The van der Waals surface area contributed by atoms with Crippen LogP contribution in [0.1, 0.15) is 4.88 Å². The predicted molar refractivity (Wildman–Crippen MR) is 76.2 cm³/mol. The second kappa shape index (κ2) is 5.98. The van der Waals surface area contributed by atoms with Gasteiger partial charge >= 0.3 is 0 Å². The number of hydrogen-bond donors (Lipinski definition) is 1. The van der Waals surface area contributed by atoms with Crippen LogP contribution in [0.5, 0.6) is 11.5 Å². The molecular weight excluding hydrogens is 270 g/mol. The molecule has 0 amide bonds. The number of anilines is 1. The number of ether oxygens (including phenoxy) is 2. The van der Waals surface area contributed by atoms with Gasteiger partial charge < -0.3 is 14.8 Å². The molecule has 2 aromatic rings. The minimum atomic E-state index is 0.715. The SMILES string of the molecule is COc1ccc(NCc2cc(Cl)cs2)cc1OC. The monoisotopic (exact) mass is 283 g/mol. The third kappa shape index (κ3) is 3.09. The fraction of sp³-hybridized carbons (Fsp3) is 0.231. The van der Waals surface area contributed by atoms with Crippen LogP contribution in [-0.4, -0.2) is 14.2 Å². The summed E-state index contributed by atoms with van der Waals surface area (Å²) >= 11 is 7.51. The standard InChI is InChI=1S/C13H14ClNO2S/c1-16-12-4-3-10(6-13(12)17-2)15-7-11-5-9(14)8-18-11/h3-6,8,15H,7H2,1-2H3. The van der Waals surface area contributed by atoms with Crippen molar-refractivity contribution >= 4 is 28.6 Å². The summed E-state index contributed by atoms with van der Waals surface area (Å²) in [4.78, 5) is 1.19. The smallest absolute Gasteiger partial charge is 0.162 e. The molecule has 0 aliphatic heterocycles. The average molecular weight is 284 g/mol. The van der Waals surface area contributed by atoms with E-state index in [0.29, 0.717) is 5.75 Å². The Bertz CT molecular complexity index is 527. The van der Waals surface area contributed by atoms with Crippen LogP contribution in [0.15, 0.2) is 29.6 Å². The quantitative estimate of drug-likeness (QED) is 0.899. The topological polar surface area (TPSA) is 30.5 Å². The summed E-state index contributed by atoms with van der Waals surface area (Å²) in [6.07, 6.45) is 0. The van der Waals surface area contributed by atoms with Gasteiger partial charge in [-0.25, -0.2) is 0 Å². The Kier molecular flexibility index (Phi) is 4.33. The van der Waals surface area contributed by atoms with Gasteiger partial charge in [0, 0.05) is 28.6 Å². The molecule has 18 heavy (non-hydrogen) atoms. The molecule has 1 aromatic carbocycles. The molecule has 5 heteroatoms. The summed E-state index contributed by atoms with van der Waals surface area (Å²) in [5, 5.41) is 6.02. The van der Waals surface area contributed by atoms with Crippen LogP contribution in [0.4, 0.5) is 5.69 Å². The van der Waals surface area contributed by atoms with Gasteiger partial charge in [-0.05, 0) is 18.2 Å². The lowest BCUT2D eigenvalue weighted by Crippen LogP contribution is -1.98. The largest absolute Gasteiger partial charge is 0.493 e. The predicted octanol–water partition coefficient (Wildman–Crippen LogP) is 4.03. The van der Waals surface area contributed by atoms with Gasteiger partial charge in [-0.3, -0.25) is 0 Å². The molecule has 0 saturated heterocycles. The summed E-state index contributed by atoms with van der Waals surface area (Å²) in [5.41, 5.74) is 0.983. The van der Waals surface area contributed by atoms with E-state index in [-0.39, 0.29) is 0 Å². The molecule has 1 heterocycles. The number of halogens is 1. The molecule has 96 valence electrons. The molecule has 2 rings (SSSR count). The molecule has 0 bridgehead atoms. The molecule has 0 atom stereocenters. The second-order valence-electron chi connectivity index (χ2n) is 3.65. The maximum Gasteiger partial charge on any atom is 0.162 e. The van der Waals surface area contributed by atoms with Crippen molar-refractivity contribution in [1.29, 1.82) is 0 Å². The Morgan fingerprint density at radius 3 is 2.56 bits per heavy atom. The number of benzene rings is 1. The Labute approximate surface area is 115 Å². The first-order valence-electron chi connectivity index (χ1n) is 5.41. The third-order valence-corrected chi connectivity index (χ3v) is 3.76. The first-order chi connectivity index (χ1) is 8.72. The van der Waals surface area contributed by atoms with Gasteiger partial charge in [-0.2, -0.15) is 0 Å². The molecule has 3 nitrogen and oxygen atoms in total. The van der Waals surface area contributed by atoms with Gasteiger partial charge in [-0.15, -0.1) is 11.3 Å². The normalized spacial score (nSPS) is 10.2. The number of nitrogens with one attached hydrogen (secondary N) is 1. The third-order valence-electron chi connectivity index (χ3n) is 2.47. The van der Waals surface area contributed by atoms with Crippen molar-refractivity contribution in [1.82, 2.24) is 0 Å². The van der Waals surface area contributed by atoms with E-state index in [1.165, 1.54) is 4.88 Å². The lowest BCUT2D eigenvalue weighted by Gasteiger charge is -2.10. The first kappa shape index (κ1) is 13.1. The average Bonchev–Trinajstić information content (AvgIpc) is 2.81. The van der Waals surface area contributed by atoms with Crippen LogP contribution >= 0.6 is 22.9 Å². The summed E-state index contributed by atoms with van der Waals surface area (Å²) in [7, 11) is 3.25. The van der Waals surface area contributed by atoms with Gasteiger partial charge in [0.1, 0.15) is 0 Å². The van der Waals surface area contributed by atoms with Crippen LogP contribution in [0.3, 0.4) is 0 Å². The van der Waals surface area contributed by atoms with E-state index in [2.05, 4.69) is 5.32 Å². The molecule has 1 aromatic heterocycles. The Balaban J connectivity index is 2.05. The number of thiophene rings is 1. The van der Waals surface area contributed by atoms with Crippen molar-refractivity contribution in [3.8, 4) is 11.5 Å². The molecule has 1 N–H and O–H groups in total. The van der Waals surface area contributed by atoms with Crippen LogP contribution in [0, 0.1) is 0 Å². The highest BCUT2D eigenvalue weighted by Gasteiger charge is 2.04. The number of hydrogen-bond acceptors (Lipinski definition) is 4. The Morgan fingerprint density at radius 2 is 1.94 bits per heavy atom. The number of methoxy groups -OCH3 is 2. The van der Waals surface area contributed by atoms with E-state index < -0.39 is 0 Å². The second-order valence-corrected chi connectivity index (χ2v) is 5.09. The van der Waals surface area contributed by atoms with Gasteiger partial charge in [0.2, 0.25) is 0 Å². The Morgan fingerprint density at radius 1 is 1.17 bits per heavy atom. The van der Waals surface area contributed by atoms with Crippen LogP contribution < -0.4 is 14.8 Å². The van der Waals surface area contributed by atoms with Crippen molar-refractivity contribution in [2.24, 2.45) is 0 Å². The van der Waals surface area contributed by atoms with E-state index in [1.807, 2.05) is 29.6 Å². The van der Waals surface area contributed by atoms with Gasteiger partial charge in [0.25, 0.3) is 0 Å². The van der Waals surface area contributed by atoms with E-state index in [4.69, 9.17) is 21.1 Å². The fourth-order valence-corrected chi connectivity index (χ4v) is 2.59. The maximum absolute atomic E-state index is 5.88. The molecule has 0 radical (unpaired) electrons. The highest BCUT2D eigenvalue weighted by atomic mass is 35.5. The lowest BCUT2D eigenvalue weighted by atomic mass is 10.2. The van der Waals surface area contributed by atoms with Crippen molar-refractivity contribution in [2.75, 3.05) is 19.5 Å². The van der Waals surface area contributed by atoms with E-state index in [1.54, 1.807) is 25.6 Å². The Hall–Kier alpha value is -1.39.